The molecule has 0 aliphatic heterocycles. The highest BCUT2D eigenvalue weighted by atomic mass is 16.1. The maximum absolute atomic E-state index is 11.2. The van der Waals surface area contributed by atoms with Crippen LogP contribution < -0.4 is 11.4 Å². The molecule has 0 aliphatic carbocycles. The maximum Gasteiger partial charge on any atom is 0.345 e. The molecule has 2 aromatic rings. The second-order valence-corrected chi connectivity index (χ2v) is 3.66. The standard InChI is InChI=1S/C12H13N3O/c1-8-6-11(15-12(16)14-8)10-4-2-9(7-13)3-5-10/h2-6H,7,13H2,1H3,(H,14,15,16). The fraction of sp³-hybridized carbons (Fsp3) is 0.167. The van der Waals surface area contributed by atoms with Gasteiger partial charge in [-0.05, 0) is 18.6 Å². The first-order valence-electron chi connectivity index (χ1n) is 5.06. The number of rotatable bonds is 2. The van der Waals surface area contributed by atoms with Crippen LogP contribution in [0.15, 0.2) is 35.1 Å². The summed E-state index contributed by atoms with van der Waals surface area (Å²) in [5, 5.41) is 0. The Morgan fingerprint density at radius 2 is 2.00 bits per heavy atom. The molecule has 4 nitrogen and oxygen atoms in total. The minimum Gasteiger partial charge on any atom is -0.326 e. The van der Waals surface area contributed by atoms with E-state index in [4.69, 9.17) is 5.73 Å². The van der Waals surface area contributed by atoms with E-state index in [1.54, 1.807) is 0 Å². The molecule has 0 saturated heterocycles. The highest BCUT2D eigenvalue weighted by molar-refractivity contribution is 5.59. The lowest BCUT2D eigenvalue weighted by Crippen LogP contribution is -2.11. The number of benzene rings is 1. The lowest BCUT2D eigenvalue weighted by molar-refractivity contribution is 1.03. The zero-order chi connectivity index (χ0) is 11.5. The van der Waals surface area contributed by atoms with Crippen LogP contribution in [-0.2, 0) is 6.54 Å². The van der Waals surface area contributed by atoms with Gasteiger partial charge in [0.15, 0.2) is 0 Å². The average Bonchev–Trinajstić information content (AvgIpc) is 2.28. The smallest absolute Gasteiger partial charge is 0.326 e. The summed E-state index contributed by atoms with van der Waals surface area (Å²) < 4.78 is 0. The van der Waals surface area contributed by atoms with Crippen molar-refractivity contribution in [2.75, 3.05) is 0 Å². The SMILES string of the molecule is Cc1cc(-c2ccc(CN)cc2)nc(=O)[nH]1. The molecule has 4 heteroatoms. The van der Waals surface area contributed by atoms with Crippen LogP contribution in [0, 0.1) is 6.92 Å². The summed E-state index contributed by atoms with van der Waals surface area (Å²) in [6.07, 6.45) is 0. The lowest BCUT2D eigenvalue weighted by Gasteiger charge is -2.02. The molecule has 0 unspecified atom stereocenters. The summed E-state index contributed by atoms with van der Waals surface area (Å²) in [7, 11) is 0. The van der Waals surface area contributed by atoms with Crippen molar-refractivity contribution in [2.24, 2.45) is 5.73 Å². The number of hydrogen-bond acceptors (Lipinski definition) is 3. The fourth-order valence-electron chi connectivity index (χ4n) is 1.54. The molecule has 2 rings (SSSR count). The number of nitrogens with two attached hydrogens (primary N) is 1. The van der Waals surface area contributed by atoms with Crippen molar-refractivity contribution >= 4 is 0 Å². The van der Waals surface area contributed by atoms with Gasteiger partial charge in [0, 0.05) is 17.8 Å². The number of aryl methyl sites for hydroxylation is 1. The summed E-state index contributed by atoms with van der Waals surface area (Å²) >= 11 is 0. The van der Waals surface area contributed by atoms with E-state index in [2.05, 4.69) is 9.97 Å². The molecule has 1 aromatic heterocycles. The monoisotopic (exact) mass is 215 g/mol. The third-order valence-corrected chi connectivity index (χ3v) is 2.36. The van der Waals surface area contributed by atoms with Gasteiger partial charge in [-0.25, -0.2) is 4.79 Å². The molecule has 0 amide bonds. The average molecular weight is 215 g/mol. The van der Waals surface area contributed by atoms with Gasteiger partial charge >= 0.3 is 5.69 Å². The predicted molar refractivity (Wildman–Crippen MR) is 62.9 cm³/mol. The Morgan fingerprint density at radius 3 is 2.56 bits per heavy atom. The van der Waals surface area contributed by atoms with Gasteiger partial charge in [0.1, 0.15) is 0 Å². The summed E-state index contributed by atoms with van der Waals surface area (Å²) in [6.45, 7) is 2.35. The van der Waals surface area contributed by atoms with E-state index < -0.39 is 0 Å². The first-order valence-corrected chi connectivity index (χ1v) is 5.06. The van der Waals surface area contributed by atoms with Gasteiger partial charge in [0.05, 0.1) is 5.69 Å². The molecular formula is C12H13N3O. The summed E-state index contributed by atoms with van der Waals surface area (Å²) in [6, 6.07) is 9.56. The second kappa shape index (κ2) is 4.28. The van der Waals surface area contributed by atoms with E-state index in [-0.39, 0.29) is 5.69 Å². The molecule has 0 saturated carbocycles. The molecule has 16 heavy (non-hydrogen) atoms. The van der Waals surface area contributed by atoms with Gasteiger partial charge in [-0.1, -0.05) is 24.3 Å². The number of H-pyrrole nitrogens is 1. The molecule has 3 N–H and O–H groups in total. The molecule has 0 radical (unpaired) electrons. The highest BCUT2D eigenvalue weighted by Crippen LogP contribution is 2.16. The van der Waals surface area contributed by atoms with Crippen LogP contribution >= 0.6 is 0 Å². The molecule has 0 fully saturated rings. The van der Waals surface area contributed by atoms with Crippen molar-refractivity contribution in [3.8, 4) is 11.3 Å². The van der Waals surface area contributed by atoms with Gasteiger partial charge in [-0.15, -0.1) is 0 Å². The van der Waals surface area contributed by atoms with Crippen LogP contribution in [0.3, 0.4) is 0 Å². The molecule has 0 bridgehead atoms. The van der Waals surface area contributed by atoms with E-state index in [0.717, 1.165) is 16.8 Å². The Bertz CT molecular complexity index is 543. The Hall–Kier alpha value is -1.94. The Kier molecular flexibility index (Phi) is 2.83. The zero-order valence-corrected chi connectivity index (χ0v) is 9.03. The van der Waals surface area contributed by atoms with Crippen molar-refractivity contribution in [2.45, 2.75) is 13.5 Å². The Labute approximate surface area is 93.2 Å². The number of nitrogens with zero attached hydrogens (tertiary/aromatic N) is 1. The summed E-state index contributed by atoms with van der Waals surface area (Å²) in [5.74, 6) is 0. The van der Waals surface area contributed by atoms with Crippen LogP contribution in [0.1, 0.15) is 11.3 Å². The largest absolute Gasteiger partial charge is 0.345 e. The first kappa shape index (κ1) is 10.6. The molecule has 0 aliphatic rings. The predicted octanol–water partition coefficient (Wildman–Crippen LogP) is 1.20. The highest BCUT2D eigenvalue weighted by Gasteiger charge is 2.01. The van der Waals surface area contributed by atoms with E-state index in [9.17, 15) is 4.79 Å². The number of aromatic amines is 1. The maximum atomic E-state index is 11.2. The minimum atomic E-state index is -0.321. The third-order valence-electron chi connectivity index (χ3n) is 2.36. The minimum absolute atomic E-state index is 0.321. The normalized spacial score (nSPS) is 10.4. The quantitative estimate of drug-likeness (QED) is 0.790. The van der Waals surface area contributed by atoms with Crippen molar-refractivity contribution in [1.82, 2.24) is 9.97 Å². The molecule has 1 aromatic carbocycles. The number of aromatic nitrogens is 2. The molecule has 82 valence electrons. The van der Waals surface area contributed by atoms with Crippen molar-refractivity contribution < 1.29 is 0 Å². The van der Waals surface area contributed by atoms with E-state index in [1.807, 2.05) is 37.3 Å². The number of hydrogen-bond donors (Lipinski definition) is 2. The van der Waals surface area contributed by atoms with Gasteiger partial charge in [0.2, 0.25) is 0 Å². The lowest BCUT2D eigenvalue weighted by atomic mass is 10.1. The topological polar surface area (TPSA) is 71.8 Å². The van der Waals surface area contributed by atoms with Crippen LogP contribution in [0.5, 0.6) is 0 Å². The fourth-order valence-corrected chi connectivity index (χ4v) is 1.54. The van der Waals surface area contributed by atoms with Gasteiger partial charge < -0.3 is 10.7 Å². The zero-order valence-electron chi connectivity index (χ0n) is 9.03. The van der Waals surface area contributed by atoms with E-state index in [1.165, 1.54) is 0 Å². The summed E-state index contributed by atoms with van der Waals surface area (Å²) in [4.78, 5) is 17.8. The Balaban J connectivity index is 2.46. The van der Waals surface area contributed by atoms with Crippen molar-refractivity contribution in [3.63, 3.8) is 0 Å². The third kappa shape index (κ3) is 2.17. The van der Waals surface area contributed by atoms with Crippen molar-refractivity contribution in [3.05, 3.63) is 52.1 Å². The van der Waals surface area contributed by atoms with Crippen LogP contribution in [0.2, 0.25) is 0 Å². The van der Waals surface area contributed by atoms with E-state index >= 15 is 0 Å². The second-order valence-electron chi connectivity index (χ2n) is 3.66. The van der Waals surface area contributed by atoms with Crippen molar-refractivity contribution in [1.29, 1.82) is 0 Å². The van der Waals surface area contributed by atoms with Crippen LogP contribution in [-0.4, -0.2) is 9.97 Å². The Morgan fingerprint density at radius 1 is 1.31 bits per heavy atom. The van der Waals surface area contributed by atoms with Crippen LogP contribution in [0.25, 0.3) is 11.3 Å². The molecular weight excluding hydrogens is 202 g/mol. The van der Waals surface area contributed by atoms with Gasteiger partial charge in [0.25, 0.3) is 0 Å². The van der Waals surface area contributed by atoms with Gasteiger partial charge in [-0.3, -0.25) is 0 Å². The first-order chi connectivity index (χ1) is 7.69. The summed E-state index contributed by atoms with van der Waals surface area (Å²) in [5.41, 5.74) is 8.67. The van der Waals surface area contributed by atoms with Crippen LogP contribution in [0.4, 0.5) is 0 Å². The van der Waals surface area contributed by atoms with E-state index in [0.29, 0.717) is 12.2 Å². The molecule has 1 heterocycles. The number of nitrogens with one attached hydrogen (secondary N) is 1. The molecule has 0 spiro atoms. The van der Waals surface area contributed by atoms with Gasteiger partial charge in [-0.2, -0.15) is 4.98 Å². The molecule has 0 atom stereocenters.